The molecule has 0 radical (unpaired) electrons. The molecule has 5 nitrogen and oxygen atoms in total. The van der Waals surface area contributed by atoms with Crippen LogP contribution in [0.25, 0.3) is 0 Å². The second kappa shape index (κ2) is 6.62. The van der Waals surface area contributed by atoms with Gasteiger partial charge in [0.2, 0.25) is 9.05 Å². The first-order valence-corrected chi connectivity index (χ1v) is 8.65. The van der Waals surface area contributed by atoms with Crippen LogP contribution in [0.2, 0.25) is 0 Å². The van der Waals surface area contributed by atoms with Crippen molar-refractivity contribution in [1.82, 2.24) is 0 Å². The first-order chi connectivity index (χ1) is 9.46. The Labute approximate surface area is 127 Å². The molecule has 1 amide bonds. The summed E-state index contributed by atoms with van der Waals surface area (Å²) in [7, 11) is 1.40. The zero-order chi connectivity index (χ0) is 16.3. The fourth-order valence-corrected chi connectivity index (χ4v) is 2.18. The Morgan fingerprint density at radius 1 is 1.38 bits per heavy atom. The van der Waals surface area contributed by atoms with Crippen LogP contribution in [0.3, 0.4) is 0 Å². The smallest absolute Gasteiger partial charge is 0.412 e. The molecule has 0 aromatic heterocycles. The van der Waals surface area contributed by atoms with Gasteiger partial charge in [0.05, 0.1) is 5.75 Å². The van der Waals surface area contributed by atoms with E-state index >= 15 is 0 Å². The largest absolute Gasteiger partial charge is 0.444 e. The van der Waals surface area contributed by atoms with Crippen molar-refractivity contribution in [3.8, 4) is 0 Å². The summed E-state index contributed by atoms with van der Waals surface area (Å²) >= 11 is 0. The van der Waals surface area contributed by atoms with Crippen molar-refractivity contribution in [2.75, 3.05) is 11.1 Å². The molecule has 0 atom stereocenters. The number of amides is 1. The van der Waals surface area contributed by atoms with Gasteiger partial charge in [-0.15, -0.1) is 0 Å². The predicted molar refractivity (Wildman–Crippen MR) is 79.6 cm³/mol. The Balaban J connectivity index is 2.72. The zero-order valence-corrected chi connectivity index (χ0v) is 13.5. The van der Waals surface area contributed by atoms with Gasteiger partial charge in [0.1, 0.15) is 11.4 Å². The molecule has 1 aromatic rings. The van der Waals surface area contributed by atoms with Crippen molar-refractivity contribution >= 4 is 31.5 Å². The fraction of sp³-hybridized carbons (Fsp3) is 0.462. The van der Waals surface area contributed by atoms with Gasteiger partial charge in [-0.1, -0.05) is 6.07 Å². The van der Waals surface area contributed by atoms with Crippen LogP contribution >= 0.6 is 10.7 Å². The standard InChI is InChI=1S/C13H17ClFNO4S/c1-13(2,3)20-12(17)16-10-5-4-9(11(15)8-10)6-7-21(14,18)19/h4-5,8H,6-7H2,1-3H3,(H,16,17). The maximum Gasteiger partial charge on any atom is 0.412 e. The quantitative estimate of drug-likeness (QED) is 0.856. The number of aryl methyl sites for hydroxylation is 1. The van der Waals surface area contributed by atoms with Crippen LogP contribution in [0.15, 0.2) is 18.2 Å². The molecule has 0 saturated carbocycles. The Morgan fingerprint density at radius 3 is 2.48 bits per heavy atom. The van der Waals surface area contributed by atoms with Crippen LogP contribution in [-0.2, 0) is 20.2 Å². The molecule has 0 saturated heterocycles. The first kappa shape index (κ1) is 17.7. The number of benzene rings is 1. The van der Waals surface area contributed by atoms with Gasteiger partial charge in [-0.25, -0.2) is 17.6 Å². The molecule has 0 aliphatic carbocycles. The highest BCUT2D eigenvalue weighted by molar-refractivity contribution is 8.13. The molecule has 0 unspecified atom stereocenters. The van der Waals surface area contributed by atoms with E-state index in [1.54, 1.807) is 20.8 Å². The van der Waals surface area contributed by atoms with E-state index < -0.39 is 26.6 Å². The van der Waals surface area contributed by atoms with Gasteiger partial charge in [0.15, 0.2) is 0 Å². The van der Waals surface area contributed by atoms with Crippen LogP contribution in [0.5, 0.6) is 0 Å². The van der Waals surface area contributed by atoms with Crippen molar-refractivity contribution in [2.45, 2.75) is 32.8 Å². The lowest BCUT2D eigenvalue weighted by Gasteiger charge is -2.19. The lowest BCUT2D eigenvalue weighted by Crippen LogP contribution is -2.27. The number of nitrogens with one attached hydrogen (secondary N) is 1. The maximum atomic E-state index is 13.8. The Bertz CT molecular complexity index is 626. The third-order valence-corrected chi connectivity index (χ3v) is 3.47. The molecular weight excluding hydrogens is 321 g/mol. The van der Waals surface area contributed by atoms with Gasteiger partial charge in [0, 0.05) is 16.4 Å². The van der Waals surface area contributed by atoms with E-state index in [0.29, 0.717) is 0 Å². The average Bonchev–Trinajstić information content (AvgIpc) is 2.23. The highest BCUT2D eigenvalue weighted by Crippen LogP contribution is 2.17. The van der Waals surface area contributed by atoms with E-state index in [-0.39, 0.29) is 23.4 Å². The topological polar surface area (TPSA) is 72.5 Å². The van der Waals surface area contributed by atoms with E-state index in [0.717, 1.165) is 6.07 Å². The zero-order valence-electron chi connectivity index (χ0n) is 11.9. The maximum absolute atomic E-state index is 13.8. The number of ether oxygens (including phenoxy) is 1. The van der Waals surface area contributed by atoms with E-state index in [9.17, 15) is 17.6 Å². The van der Waals surface area contributed by atoms with Crippen LogP contribution in [0.4, 0.5) is 14.9 Å². The summed E-state index contributed by atoms with van der Waals surface area (Å²) in [4.78, 5) is 11.5. The summed E-state index contributed by atoms with van der Waals surface area (Å²) in [5.41, 5.74) is -0.231. The van der Waals surface area contributed by atoms with Crippen molar-refractivity contribution < 1.29 is 22.3 Å². The summed E-state index contributed by atoms with van der Waals surface area (Å²) in [5, 5.41) is 2.39. The Morgan fingerprint density at radius 2 is 2.00 bits per heavy atom. The van der Waals surface area contributed by atoms with E-state index in [2.05, 4.69) is 5.32 Å². The molecule has 0 fully saturated rings. The number of carbonyl (C=O) groups is 1. The normalized spacial score (nSPS) is 12.0. The molecule has 1 N–H and O–H groups in total. The van der Waals surface area contributed by atoms with Crippen molar-refractivity contribution in [1.29, 1.82) is 0 Å². The SMILES string of the molecule is CC(C)(C)OC(=O)Nc1ccc(CCS(=O)(=O)Cl)c(F)c1. The van der Waals surface area contributed by atoms with E-state index in [4.69, 9.17) is 15.4 Å². The van der Waals surface area contributed by atoms with Gasteiger partial charge in [0.25, 0.3) is 0 Å². The molecule has 0 bridgehead atoms. The number of hydrogen-bond acceptors (Lipinski definition) is 4. The lowest BCUT2D eigenvalue weighted by atomic mass is 10.1. The molecular formula is C13H17ClFNO4S. The summed E-state index contributed by atoms with van der Waals surface area (Å²) in [6.07, 6.45) is -0.734. The number of hydrogen-bond donors (Lipinski definition) is 1. The van der Waals surface area contributed by atoms with Gasteiger partial charge < -0.3 is 4.74 Å². The Kier molecular flexibility index (Phi) is 5.58. The van der Waals surface area contributed by atoms with Crippen LogP contribution in [-0.4, -0.2) is 25.9 Å². The van der Waals surface area contributed by atoms with Gasteiger partial charge >= 0.3 is 6.09 Å². The molecule has 1 aromatic carbocycles. The molecule has 0 aliphatic rings. The third kappa shape index (κ3) is 7.29. The van der Waals surface area contributed by atoms with Gasteiger partial charge in [-0.3, -0.25) is 5.32 Å². The van der Waals surface area contributed by atoms with E-state index in [1.165, 1.54) is 12.1 Å². The summed E-state index contributed by atoms with van der Waals surface area (Å²) in [6.45, 7) is 5.13. The third-order valence-electron chi connectivity index (χ3n) is 2.31. The number of anilines is 1. The fourth-order valence-electron chi connectivity index (χ4n) is 1.48. The Hall–Kier alpha value is -1.34. The summed E-state index contributed by atoms with van der Waals surface area (Å²) in [6, 6.07) is 3.95. The minimum Gasteiger partial charge on any atom is -0.444 e. The lowest BCUT2D eigenvalue weighted by molar-refractivity contribution is 0.0636. The second-order valence-corrected chi connectivity index (χ2v) is 8.32. The molecule has 1 rings (SSSR count). The van der Waals surface area contributed by atoms with Crippen LogP contribution in [0, 0.1) is 5.82 Å². The summed E-state index contributed by atoms with van der Waals surface area (Å²) in [5.74, 6) is -0.978. The van der Waals surface area contributed by atoms with Gasteiger partial charge in [-0.05, 0) is 44.9 Å². The number of rotatable bonds is 4. The van der Waals surface area contributed by atoms with Crippen LogP contribution in [0.1, 0.15) is 26.3 Å². The second-order valence-electron chi connectivity index (χ2n) is 5.43. The molecule has 0 aliphatic heterocycles. The minimum atomic E-state index is -3.67. The van der Waals surface area contributed by atoms with Crippen molar-refractivity contribution in [2.24, 2.45) is 0 Å². The predicted octanol–water partition coefficient (Wildman–Crippen LogP) is 3.28. The molecule has 0 heterocycles. The van der Waals surface area contributed by atoms with Crippen molar-refractivity contribution in [3.05, 3.63) is 29.6 Å². The molecule has 21 heavy (non-hydrogen) atoms. The van der Waals surface area contributed by atoms with E-state index in [1.807, 2.05) is 0 Å². The monoisotopic (exact) mass is 337 g/mol. The molecule has 118 valence electrons. The number of carbonyl (C=O) groups excluding carboxylic acids is 1. The highest BCUT2D eigenvalue weighted by Gasteiger charge is 2.17. The highest BCUT2D eigenvalue weighted by atomic mass is 35.7. The summed E-state index contributed by atoms with van der Waals surface area (Å²) < 4.78 is 40.5. The van der Waals surface area contributed by atoms with Crippen molar-refractivity contribution in [3.63, 3.8) is 0 Å². The molecule has 8 heteroatoms. The van der Waals surface area contributed by atoms with Gasteiger partial charge in [-0.2, -0.15) is 0 Å². The molecule has 0 spiro atoms. The number of halogens is 2. The minimum absolute atomic E-state index is 0.0373. The average molecular weight is 338 g/mol. The van der Waals surface area contributed by atoms with Crippen LogP contribution < -0.4 is 5.32 Å². The first-order valence-electron chi connectivity index (χ1n) is 6.17.